The molecule has 3 aromatic rings. The van der Waals surface area contributed by atoms with Crippen molar-refractivity contribution in [1.82, 2.24) is 9.88 Å². The number of carboxylic acid groups (broad SMARTS) is 1. The summed E-state index contributed by atoms with van der Waals surface area (Å²) in [6, 6.07) is 2.29. The summed E-state index contributed by atoms with van der Waals surface area (Å²) < 4.78 is 88.7. The van der Waals surface area contributed by atoms with Crippen molar-refractivity contribution in [3.63, 3.8) is 0 Å². The number of aliphatic carboxylic acids is 1. The van der Waals surface area contributed by atoms with Gasteiger partial charge in [-0.3, -0.25) is 9.59 Å². The Morgan fingerprint density at radius 2 is 1.85 bits per heavy atom. The van der Waals surface area contributed by atoms with Crippen LogP contribution in [0.15, 0.2) is 35.1 Å². The number of nitrogens with one attached hydrogen (secondary N) is 1. The fourth-order valence-electron chi connectivity index (χ4n) is 5.90. The second-order valence-electron chi connectivity index (χ2n) is 11.3. The molecule has 0 radical (unpaired) electrons. The van der Waals surface area contributed by atoms with Gasteiger partial charge in [-0.15, -0.1) is 0 Å². The predicted molar refractivity (Wildman–Crippen MR) is 159 cm³/mol. The monoisotopic (exact) mass is 665 g/mol. The van der Waals surface area contributed by atoms with Gasteiger partial charge in [-0.25, -0.2) is 13.6 Å². The molecule has 2 aromatic carbocycles. The number of nitrogens with zero attached hydrogens (tertiary/aromatic N) is 2. The van der Waals surface area contributed by atoms with Gasteiger partial charge in [-0.1, -0.05) is 12.1 Å². The second-order valence-corrected chi connectivity index (χ2v) is 11.3. The number of anilines is 1. The van der Waals surface area contributed by atoms with Crippen molar-refractivity contribution in [3.05, 3.63) is 74.7 Å². The van der Waals surface area contributed by atoms with Crippen LogP contribution in [0.25, 0.3) is 11.1 Å². The van der Waals surface area contributed by atoms with E-state index < -0.39 is 59.6 Å². The average molecular weight is 666 g/mol. The van der Waals surface area contributed by atoms with E-state index in [1.54, 1.807) is 32.2 Å². The largest absolute Gasteiger partial charge is 0.496 e. The molecule has 0 spiro atoms. The third-order valence-corrected chi connectivity index (χ3v) is 8.42. The number of fused-ring (bicyclic) bond motifs is 1. The summed E-state index contributed by atoms with van der Waals surface area (Å²) in [4.78, 5) is 39.3. The molecule has 0 aliphatic carbocycles. The first-order chi connectivity index (χ1) is 22.2. The summed E-state index contributed by atoms with van der Waals surface area (Å²) in [5.74, 6) is -5.14. The zero-order valence-electron chi connectivity index (χ0n) is 25.7. The molecule has 3 heterocycles. The van der Waals surface area contributed by atoms with Crippen LogP contribution in [-0.2, 0) is 29.4 Å². The summed E-state index contributed by atoms with van der Waals surface area (Å²) in [6.45, 7) is 0.944. The molecule has 5 rings (SSSR count). The highest BCUT2D eigenvalue weighted by molar-refractivity contribution is 5.97. The normalized spacial score (nSPS) is 17.0. The molecule has 1 aromatic heterocycles. The smallest absolute Gasteiger partial charge is 0.411 e. The fraction of sp³-hybridized carbons (Fsp3) is 0.406. The Labute approximate surface area is 265 Å². The van der Waals surface area contributed by atoms with E-state index in [2.05, 4.69) is 5.32 Å². The van der Waals surface area contributed by atoms with E-state index in [4.69, 9.17) is 14.2 Å². The van der Waals surface area contributed by atoms with E-state index in [0.29, 0.717) is 65.5 Å². The van der Waals surface area contributed by atoms with Gasteiger partial charge in [0.15, 0.2) is 0 Å². The number of ether oxygens (including phenoxy) is 3. The van der Waals surface area contributed by atoms with Crippen LogP contribution in [0.4, 0.5) is 27.6 Å². The minimum Gasteiger partial charge on any atom is -0.496 e. The van der Waals surface area contributed by atoms with E-state index in [1.165, 1.54) is 11.7 Å². The van der Waals surface area contributed by atoms with Crippen molar-refractivity contribution in [2.75, 3.05) is 38.4 Å². The Morgan fingerprint density at radius 3 is 2.49 bits per heavy atom. The minimum absolute atomic E-state index is 0.108. The van der Waals surface area contributed by atoms with Gasteiger partial charge >= 0.3 is 12.1 Å². The molecule has 0 saturated carbocycles. The van der Waals surface area contributed by atoms with Crippen LogP contribution in [-0.4, -0.2) is 73.3 Å². The molecule has 47 heavy (non-hydrogen) atoms. The molecular weight excluding hydrogens is 633 g/mol. The molecule has 2 aliphatic heterocycles. The SMILES string of the molecule is COc1cc(C)n(C)c(=O)c1-c1ccc(CC(NC(=O)c2c(F)cc(N3CCOCC3C(F)(F)F)cc2F)C(=O)O)c2c1OCCC2. The van der Waals surface area contributed by atoms with Crippen LogP contribution < -0.4 is 25.2 Å². The number of pyridine rings is 1. The maximum absolute atomic E-state index is 15.2. The number of carbonyl (C=O) groups is 2. The molecule has 1 fully saturated rings. The highest BCUT2D eigenvalue weighted by Gasteiger charge is 2.46. The van der Waals surface area contributed by atoms with Crippen LogP contribution >= 0.6 is 0 Å². The van der Waals surface area contributed by atoms with Crippen molar-refractivity contribution < 1.29 is 50.9 Å². The first-order valence-electron chi connectivity index (χ1n) is 14.7. The van der Waals surface area contributed by atoms with Crippen molar-refractivity contribution in [2.24, 2.45) is 7.05 Å². The molecule has 2 atom stereocenters. The number of alkyl halides is 3. The molecule has 0 bridgehead atoms. The van der Waals surface area contributed by atoms with Gasteiger partial charge in [0.1, 0.15) is 40.8 Å². The van der Waals surface area contributed by atoms with Crippen LogP contribution in [0.1, 0.15) is 33.6 Å². The van der Waals surface area contributed by atoms with Crippen LogP contribution in [0.3, 0.4) is 0 Å². The van der Waals surface area contributed by atoms with Crippen molar-refractivity contribution >= 4 is 17.6 Å². The Morgan fingerprint density at radius 1 is 1.15 bits per heavy atom. The summed E-state index contributed by atoms with van der Waals surface area (Å²) in [5, 5.41) is 12.1. The van der Waals surface area contributed by atoms with Gasteiger partial charge in [0.05, 0.1) is 32.5 Å². The number of halogens is 5. The molecule has 2 N–H and O–H groups in total. The highest BCUT2D eigenvalue weighted by Crippen LogP contribution is 2.41. The van der Waals surface area contributed by atoms with Gasteiger partial charge in [-0.05, 0) is 43.0 Å². The summed E-state index contributed by atoms with van der Waals surface area (Å²) in [7, 11) is 3.05. The van der Waals surface area contributed by atoms with Crippen molar-refractivity contribution in [1.29, 1.82) is 0 Å². The third-order valence-electron chi connectivity index (χ3n) is 8.42. The number of aryl methyl sites for hydroxylation is 1. The molecule has 10 nitrogen and oxygen atoms in total. The Hall–Kier alpha value is -4.66. The second kappa shape index (κ2) is 13.2. The number of carboxylic acids is 1. The predicted octanol–water partition coefficient (Wildman–Crippen LogP) is 4.17. The van der Waals surface area contributed by atoms with Gasteiger partial charge < -0.3 is 34.1 Å². The van der Waals surface area contributed by atoms with Gasteiger partial charge in [-0.2, -0.15) is 13.2 Å². The lowest BCUT2D eigenvalue weighted by Gasteiger charge is -2.38. The number of hydrogen-bond acceptors (Lipinski definition) is 7. The molecule has 252 valence electrons. The average Bonchev–Trinajstić information content (AvgIpc) is 3.02. The quantitative estimate of drug-likeness (QED) is 0.345. The van der Waals surface area contributed by atoms with E-state index in [9.17, 15) is 32.7 Å². The van der Waals surface area contributed by atoms with E-state index >= 15 is 8.78 Å². The maximum Gasteiger partial charge on any atom is 0.411 e. The van der Waals surface area contributed by atoms with Crippen molar-refractivity contribution in [2.45, 2.75) is 44.4 Å². The number of hydrogen-bond donors (Lipinski definition) is 2. The van der Waals surface area contributed by atoms with Gasteiger partial charge in [0.2, 0.25) is 0 Å². The maximum atomic E-state index is 15.2. The fourth-order valence-corrected chi connectivity index (χ4v) is 5.90. The van der Waals surface area contributed by atoms with Gasteiger partial charge in [0.25, 0.3) is 11.5 Å². The Bertz CT molecular complexity index is 1750. The lowest BCUT2D eigenvalue weighted by atomic mass is 9.90. The van der Waals surface area contributed by atoms with E-state index in [0.717, 1.165) is 4.90 Å². The number of methoxy groups -OCH3 is 1. The van der Waals surface area contributed by atoms with Crippen LogP contribution in [0.2, 0.25) is 0 Å². The molecule has 1 amide bonds. The molecule has 2 aliphatic rings. The Kier molecular flexibility index (Phi) is 9.48. The molecule has 15 heteroatoms. The standard InChI is InChI=1S/C32H32F5N3O7/c1-16-11-24(45-3)26(30(42)39(16)2)20-7-6-17(19-5-4-9-47-28(19)20)12-23(31(43)44)38-29(41)27-21(33)13-18(14-22(27)34)40-8-10-46-15-25(40)32(35,36)37/h6-7,11,13-14,23,25H,4-5,8-10,12,15H2,1-3H3,(H,38,41)(H,43,44). The first-order valence-corrected chi connectivity index (χ1v) is 14.7. The number of benzene rings is 2. The minimum atomic E-state index is -4.75. The summed E-state index contributed by atoms with van der Waals surface area (Å²) in [5.41, 5.74) is 0.501. The lowest BCUT2D eigenvalue weighted by molar-refractivity contribution is -0.167. The summed E-state index contributed by atoms with van der Waals surface area (Å²) in [6.07, 6.45) is -4.02. The zero-order chi connectivity index (χ0) is 34.2. The number of rotatable bonds is 8. The number of aromatic nitrogens is 1. The molecule has 2 unspecified atom stereocenters. The molecular formula is C32H32F5N3O7. The Balaban J connectivity index is 1.44. The van der Waals surface area contributed by atoms with Crippen LogP contribution in [0, 0.1) is 18.6 Å². The topological polar surface area (TPSA) is 119 Å². The summed E-state index contributed by atoms with van der Waals surface area (Å²) >= 11 is 0. The highest BCUT2D eigenvalue weighted by atomic mass is 19.4. The van der Waals surface area contributed by atoms with E-state index in [1.807, 2.05) is 0 Å². The van der Waals surface area contributed by atoms with Crippen molar-refractivity contribution in [3.8, 4) is 22.6 Å². The number of carbonyl (C=O) groups excluding carboxylic acids is 1. The number of amides is 1. The lowest BCUT2D eigenvalue weighted by Crippen LogP contribution is -2.53. The first kappa shape index (κ1) is 33.7. The van der Waals surface area contributed by atoms with Gasteiger partial charge in [0, 0.05) is 43.0 Å². The van der Waals surface area contributed by atoms with E-state index in [-0.39, 0.29) is 30.7 Å². The zero-order valence-corrected chi connectivity index (χ0v) is 25.7. The van der Waals surface area contributed by atoms with Crippen LogP contribution in [0.5, 0.6) is 11.5 Å². The third kappa shape index (κ3) is 6.62. The molecule has 1 saturated heterocycles. The number of morpholine rings is 1.